The van der Waals surface area contributed by atoms with Crippen LogP contribution < -0.4 is 0 Å². The molecule has 3 nitrogen and oxygen atoms in total. The van der Waals surface area contributed by atoms with Crippen molar-refractivity contribution in [2.24, 2.45) is 0 Å². The number of halogens is 1. The van der Waals surface area contributed by atoms with Crippen molar-refractivity contribution >= 4 is 23.5 Å². The Labute approximate surface area is 127 Å². The van der Waals surface area contributed by atoms with Gasteiger partial charge in [0.1, 0.15) is 11.5 Å². The fraction of sp³-hybridized carbons (Fsp3) is 0. The Hall–Kier alpha value is -2.52. The first kappa shape index (κ1) is 14.9. The van der Waals surface area contributed by atoms with E-state index in [1.165, 1.54) is 18.2 Å². The predicted octanol–water partition coefficient (Wildman–Crippen LogP) is 4.20. The summed E-state index contributed by atoms with van der Waals surface area (Å²) in [6.45, 7) is 0. The lowest BCUT2D eigenvalue weighted by molar-refractivity contribution is 0.104. The lowest BCUT2D eigenvalue weighted by Crippen LogP contribution is -1.94. The van der Waals surface area contributed by atoms with E-state index in [1.807, 2.05) is 18.2 Å². The van der Waals surface area contributed by atoms with Gasteiger partial charge in [-0.3, -0.25) is 4.79 Å². The molecule has 0 unspecified atom stereocenters. The van der Waals surface area contributed by atoms with Gasteiger partial charge >= 0.3 is 0 Å². The van der Waals surface area contributed by atoms with Crippen LogP contribution in [0, 0.1) is 0 Å². The maximum Gasteiger partial charge on any atom is 0.189 e. The van der Waals surface area contributed by atoms with E-state index in [1.54, 1.807) is 24.3 Å². The quantitative estimate of drug-likeness (QED) is 0.505. The second kappa shape index (κ2) is 6.77. The number of carbonyl (C=O) groups is 1. The SMILES string of the molecule is O=C(/C=C/C=C/c1ccc(Cl)cc1)c1ccc(O)cc1O. The number of benzene rings is 2. The molecule has 0 heterocycles. The first-order chi connectivity index (χ1) is 10.1. The van der Waals surface area contributed by atoms with Gasteiger partial charge in [-0.2, -0.15) is 0 Å². The van der Waals surface area contributed by atoms with E-state index in [-0.39, 0.29) is 22.8 Å². The molecule has 4 heteroatoms. The molecule has 0 aliphatic heterocycles. The Morgan fingerprint density at radius 1 is 1.00 bits per heavy atom. The number of hydrogen-bond donors (Lipinski definition) is 2. The van der Waals surface area contributed by atoms with Crippen molar-refractivity contribution in [1.29, 1.82) is 0 Å². The lowest BCUT2D eigenvalue weighted by Gasteiger charge is -2.00. The van der Waals surface area contributed by atoms with Crippen molar-refractivity contribution < 1.29 is 15.0 Å². The van der Waals surface area contributed by atoms with Gasteiger partial charge in [-0.25, -0.2) is 0 Å². The van der Waals surface area contributed by atoms with Crippen LogP contribution in [0.5, 0.6) is 11.5 Å². The van der Waals surface area contributed by atoms with Gasteiger partial charge in [0.05, 0.1) is 5.56 Å². The molecule has 0 fully saturated rings. The molecule has 0 amide bonds. The first-order valence-corrected chi connectivity index (χ1v) is 6.61. The highest BCUT2D eigenvalue weighted by Crippen LogP contribution is 2.23. The van der Waals surface area contributed by atoms with Crippen LogP contribution in [0.1, 0.15) is 15.9 Å². The molecule has 106 valence electrons. The van der Waals surface area contributed by atoms with Gasteiger partial charge in [-0.1, -0.05) is 42.0 Å². The number of phenolic OH excluding ortho intramolecular Hbond substituents is 2. The number of ketones is 1. The summed E-state index contributed by atoms with van der Waals surface area (Å²) in [5, 5.41) is 19.4. The zero-order chi connectivity index (χ0) is 15.2. The van der Waals surface area contributed by atoms with Crippen molar-refractivity contribution in [3.63, 3.8) is 0 Å². The molecule has 2 aromatic carbocycles. The third kappa shape index (κ3) is 4.23. The van der Waals surface area contributed by atoms with Crippen molar-refractivity contribution in [3.05, 3.63) is 76.8 Å². The van der Waals surface area contributed by atoms with Crippen LogP contribution in [-0.2, 0) is 0 Å². The number of allylic oxidation sites excluding steroid dienone is 3. The number of hydrogen-bond acceptors (Lipinski definition) is 3. The zero-order valence-electron chi connectivity index (χ0n) is 11.0. The number of carbonyl (C=O) groups excluding carboxylic acids is 1. The molecule has 0 atom stereocenters. The molecular formula is C17H13ClO3. The predicted molar refractivity (Wildman–Crippen MR) is 83.7 cm³/mol. The monoisotopic (exact) mass is 300 g/mol. The molecule has 0 saturated carbocycles. The fourth-order valence-electron chi connectivity index (χ4n) is 1.70. The van der Waals surface area contributed by atoms with Crippen LogP contribution in [0.25, 0.3) is 6.08 Å². The van der Waals surface area contributed by atoms with Crippen molar-refractivity contribution in [3.8, 4) is 11.5 Å². The van der Waals surface area contributed by atoms with Crippen molar-refractivity contribution in [2.75, 3.05) is 0 Å². The standard InChI is InChI=1S/C17H13ClO3/c18-13-7-5-12(6-8-13)3-1-2-4-16(20)15-10-9-14(19)11-17(15)21/h1-11,19,21H/b3-1+,4-2+. The van der Waals surface area contributed by atoms with Crippen LogP contribution in [-0.4, -0.2) is 16.0 Å². The Kier molecular flexibility index (Phi) is 4.80. The van der Waals surface area contributed by atoms with Crippen LogP contribution in [0.3, 0.4) is 0 Å². The van der Waals surface area contributed by atoms with Crippen LogP contribution in [0.4, 0.5) is 0 Å². The minimum atomic E-state index is -0.340. The highest BCUT2D eigenvalue weighted by Gasteiger charge is 2.07. The first-order valence-electron chi connectivity index (χ1n) is 6.23. The molecule has 2 N–H and O–H groups in total. The van der Waals surface area contributed by atoms with Crippen LogP contribution in [0.2, 0.25) is 5.02 Å². The largest absolute Gasteiger partial charge is 0.508 e. The van der Waals surface area contributed by atoms with Crippen molar-refractivity contribution in [1.82, 2.24) is 0 Å². The summed E-state index contributed by atoms with van der Waals surface area (Å²) in [7, 11) is 0. The van der Waals surface area contributed by atoms with Crippen LogP contribution >= 0.6 is 11.6 Å². The van der Waals surface area contributed by atoms with E-state index in [2.05, 4.69) is 0 Å². The fourth-order valence-corrected chi connectivity index (χ4v) is 1.83. The smallest absolute Gasteiger partial charge is 0.189 e. The Morgan fingerprint density at radius 3 is 2.38 bits per heavy atom. The van der Waals surface area contributed by atoms with Gasteiger partial charge in [0.15, 0.2) is 5.78 Å². The van der Waals surface area contributed by atoms with E-state index in [0.717, 1.165) is 11.6 Å². The minimum Gasteiger partial charge on any atom is -0.508 e. The van der Waals surface area contributed by atoms with E-state index in [0.29, 0.717) is 5.02 Å². The second-order valence-electron chi connectivity index (χ2n) is 4.34. The van der Waals surface area contributed by atoms with Gasteiger partial charge in [-0.15, -0.1) is 0 Å². The summed E-state index contributed by atoms with van der Waals surface area (Å²) in [6, 6.07) is 11.1. The molecule has 0 radical (unpaired) electrons. The maximum atomic E-state index is 11.9. The van der Waals surface area contributed by atoms with Crippen LogP contribution in [0.15, 0.2) is 60.7 Å². The van der Waals surface area contributed by atoms with Gasteiger partial charge in [0.2, 0.25) is 0 Å². The number of aromatic hydroxyl groups is 2. The molecule has 21 heavy (non-hydrogen) atoms. The summed E-state index contributed by atoms with van der Waals surface area (Å²) in [5.41, 5.74) is 1.10. The van der Waals surface area contributed by atoms with Gasteiger partial charge in [0.25, 0.3) is 0 Å². The molecule has 0 saturated heterocycles. The highest BCUT2D eigenvalue weighted by molar-refractivity contribution is 6.30. The lowest BCUT2D eigenvalue weighted by atomic mass is 10.1. The van der Waals surface area contributed by atoms with E-state index in [4.69, 9.17) is 16.7 Å². The molecule has 0 aliphatic carbocycles. The van der Waals surface area contributed by atoms with Gasteiger partial charge < -0.3 is 10.2 Å². The van der Waals surface area contributed by atoms with Crippen molar-refractivity contribution in [2.45, 2.75) is 0 Å². The van der Waals surface area contributed by atoms with Gasteiger partial charge in [0, 0.05) is 11.1 Å². The molecule has 0 aliphatic rings. The van der Waals surface area contributed by atoms with E-state index in [9.17, 15) is 9.90 Å². The Bertz CT molecular complexity index is 700. The average molecular weight is 301 g/mol. The molecule has 0 spiro atoms. The van der Waals surface area contributed by atoms with E-state index < -0.39 is 0 Å². The topological polar surface area (TPSA) is 57.5 Å². The molecule has 2 aromatic rings. The number of rotatable bonds is 4. The summed E-state index contributed by atoms with van der Waals surface area (Å²) in [5.74, 6) is -0.671. The summed E-state index contributed by atoms with van der Waals surface area (Å²) in [6.07, 6.45) is 6.48. The minimum absolute atomic E-state index is 0.0873. The third-order valence-corrected chi connectivity index (χ3v) is 3.02. The maximum absolute atomic E-state index is 11.9. The highest BCUT2D eigenvalue weighted by atomic mass is 35.5. The Morgan fingerprint density at radius 2 is 1.71 bits per heavy atom. The molecular weight excluding hydrogens is 288 g/mol. The second-order valence-corrected chi connectivity index (χ2v) is 4.77. The summed E-state index contributed by atoms with van der Waals surface area (Å²) >= 11 is 5.78. The summed E-state index contributed by atoms with van der Waals surface area (Å²) in [4.78, 5) is 11.9. The average Bonchev–Trinajstić information content (AvgIpc) is 2.45. The third-order valence-electron chi connectivity index (χ3n) is 2.76. The molecule has 0 bridgehead atoms. The summed E-state index contributed by atoms with van der Waals surface area (Å²) < 4.78 is 0. The normalized spacial score (nSPS) is 11.3. The Balaban J connectivity index is 2.03. The molecule has 2 rings (SSSR count). The van der Waals surface area contributed by atoms with E-state index >= 15 is 0 Å². The zero-order valence-corrected chi connectivity index (χ0v) is 11.8. The number of phenols is 2. The molecule has 0 aromatic heterocycles. The van der Waals surface area contributed by atoms with Gasteiger partial charge in [-0.05, 0) is 35.9 Å².